The lowest BCUT2D eigenvalue weighted by atomic mass is 9.98. The Morgan fingerprint density at radius 2 is 1.60 bits per heavy atom. The lowest BCUT2D eigenvalue weighted by Gasteiger charge is -2.36. The van der Waals surface area contributed by atoms with Crippen molar-refractivity contribution in [1.29, 1.82) is 0 Å². The first kappa shape index (κ1) is 16.0. The van der Waals surface area contributed by atoms with E-state index in [9.17, 15) is 14.4 Å². The molecule has 0 fully saturated rings. The number of hydrogen-bond donors (Lipinski definition) is 4. The molecule has 92 valence electrons. The Labute approximate surface area is 105 Å². The van der Waals surface area contributed by atoms with E-state index >= 15 is 0 Å². The second-order valence-corrected chi connectivity index (χ2v) is 6.95. The van der Waals surface area contributed by atoms with Crippen molar-refractivity contribution in [3.8, 4) is 0 Å². The predicted molar refractivity (Wildman–Crippen MR) is 64.7 cm³/mol. The molecule has 0 spiro atoms. The fourth-order valence-corrected chi connectivity index (χ4v) is 4.81. The second kappa shape index (κ2) is 6.69. The van der Waals surface area contributed by atoms with Gasteiger partial charge < -0.3 is 20.0 Å². The first-order valence-electron chi connectivity index (χ1n) is 4.33. The molecule has 15 heavy (non-hydrogen) atoms. The van der Waals surface area contributed by atoms with Crippen LogP contribution in [0.15, 0.2) is 0 Å². The molecular weight excluding hydrogens is 355 g/mol. The van der Waals surface area contributed by atoms with Crippen LogP contribution in [0.5, 0.6) is 0 Å². The van der Waals surface area contributed by atoms with Crippen molar-refractivity contribution in [2.45, 2.75) is 22.8 Å². The van der Waals surface area contributed by atoms with Crippen molar-refractivity contribution in [1.82, 2.24) is 0 Å². The zero-order valence-electron chi connectivity index (χ0n) is 8.01. The van der Waals surface area contributed by atoms with Crippen molar-refractivity contribution in [3.63, 3.8) is 0 Å². The summed E-state index contributed by atoms with van der Waals surface area (Å²) in [6.07, 6.45) is -0.112. The standard InChI is InChI=1S/C7H15Br2O5P/c8-5-6(9)7(1-3-10,2-4-11)15(12,13)14/h6,10-11H,1-5H2,(H2,12,13,14). The molecule has 0 aliphatic rings. The molecule has 0 aromatic carbocycles. The van der Waals surface area contributed by atoms with Gasteiger partial charge >= 0.3 is 7.60 Å². The van der Waals surface area contributed by atoms with Gasteiger partial charge in [-0.3, -0.25) is 4.57 Å². The van der Waals surface area contributed by atoms with E-state index in [1.165, 1.54) is 0 Å². The highest BCUT2D eigenvalue weighted by Gasteiger charge is 2.50. The summed E-state index contributed by atoms with van der Waals surface area (Å²) < 4.78 is 11.5. The van der Waals surface area contributed by atoms with Crippen LogP contribution in [-0.4, -0.2) is 48.5 Å². The molecule has 0 aliphatic heterocycles. The molecular formula is C7H15Br2O5P. The van der Waals surface area contributed by atoms with Crippen LogP contribution in [0.1, 0.15) is 12.8 Å². The van der Waals surface area contributed by atoms with Crippen LogP contribution in [0.25, 0.3) is 0 Å². The first-order valence-corrected chi connectivity index (χ1v) is 7.98. The van der Waals surface area contributed by atoms with Gasteiger partial charge in [0, 0.05) is 23.4 Å². The van der Waals surface area contributed by atoms with E-state index in [-0.39, 0.29) is 26.1 Å². The van der Waals surface area contributed by atoms with Gasteiger partial charge in [0.1, 0.15) is 0 Å². The lowest BCUT2D eigenvalue weighted by Crippen LogP contribution is -2.41. The Morgan fingerprint density at radius 1 is 1.20 bits per heavy atom. The van der Waals surface area contributed by atoms with Crippen LogP contribution >= 0.6 is 39.5 Å². The van der Waals surface area contributed by atoms with Crippen LogP contribution in [0.3, 0.4) is 0 Å². The molecule has 0 aliphatic carbocycles. The van der Waals surface area contributed by atoms with E-state index < -0.39 is 17.6 Å². The molecule has 8 heteroatoms. The van der Waals surface area contributed by atoms with Gasteiger partial charge in [0.05, 0.1) is 5.16 Å². The van der Waals surface area contributed by atoms with E-state index in [1.807, 2.05) is 0 Å². The molecule has 0 radical (unpaired) electrons. The summed E-state index contributed by atoms with van der Waals surface area (Å²) >= 11 is 6.31. The maximum Gasteiger partial charge on any atom is 0.332 e. The molecule has 5 nitrogen and oxygen atoms in total. The molecule has 0 rings (SSSR count). The molecule has 0 aromatic rings. The zero-order chi connectivity index (χ0) is 12.1. The Balaban J connectivity index is 5.16. The second-order valence-electron chi connectivity index (χ2n) is 3.22. The highest BCUT2D eigenvalue weighted by Crippen LogP contribution is 2.58. The van der Waals surface area contributed by atoms with Gasteiger partial charge in [-0.05, 0) is 12.8 Å². The van der Waals surface area contributed by atoms with E-state index in [1.54, 1.807) is 0 Å². The van der Waals surface area contributed by atoms with Crippen molar-refractivity contribution in [3.05, 3.63) is 0 Å². The minimum absolute atomic E-state index is 0.0562. The van der Waals surface area contributed by atoms with Gasteiger partial charge in [-0.15, -0.1) is 0 Å². The minimum Gasteiger partial charge on any atom is -0.396 e. The normalized spacial score (nSPS) is 15.3. The fourth-order valence-electron chi connectivity index (χ4n) is 1.44. The van der Waals surface area contributed by atoms with Gasteiger partial charge in [-0.25, -0.2) is 0 Å². The number of alkyl halides is 2. The smallest absolute Gasteiger partial charge is 0.332 e. The molecule has 0 amide bonds. The van der Waals surface area contributed by atoms with E-state index in [4.69, 9.17) is 10.2 Å². The van der Waals surface area contributed by atoms with Crippen molar-refractivity contribution in [2.75, 3.05) is 18.5 Å². The van der Waals surface area contributed by atoms with Gasteiger partial charge in [-0.2, -0.15) is 0 Å². The third-order valence-corrected chi connectivity index (χ3v) is 7.38. The third-order valence-electron chi connectivity index (χ3n) is 2.39. The third kappa shape index (κ3) is 3.77. The van der Waals surface area contributed by atoms with Crippen LogP contribution in [0.2, 0.25) is 0 Å². The number of rotatable bonds is 7. The molecule has 1 unspecified atom stereocenters. The van der Waals surface area contributed by atoms with Crippen molar-refractivity contribution in [2.24, 2.45) is 0 Å². The minimum atomic E-state index is -4.41. The molecule has 0 aromatic heterocycles. The summed E-state index contributed by atoms with van der Waals surface area (Å²) in [6, 6.07) is 0. The average molecular weight is 370 g/mol. The summed E-state index contributed by atoms with van der Waals surface area (Å²) in [5, 5.41) is 16.7. The van der Waals surface area contributed by atoms with Crippen LogP contribution in [0.4, 0.5) is 0 Å². The van der Waals surface area contributed by atoms with E-state index in [0.717, 1.165) is 0 Å². The Hall–Kier alpha value is 1.03. The SMILES string of the molecule is O=P(O)(O)C(CCO)(CCO)C(Br)CBr. The Morgan fingerprint density at radius 3 is 1.80 bits per heavy atom. The summed E-state index contributed by atoms with van der Waals surface area (Å²) in [5.74, 6) is 0. The molecule has 0 saturated heterocycles. The van der Waals surface area contributed by atoms with Crippen LogP contribution in [-0.2, 0) is 4.57 Å². The largest absolute Gasteiger partial charge is 0.396 e. The molecule has 0 heterocycles. The van der Waals surface area contributed by atoms with Gasteiger partial charge in [0.15, 0.2) is 0 Å². The van der Waals surface area contributed by atoms with Gasteiger partial charge in [0.25, 0.3) is 0 Å². The number of halogens is 2. The van der Waals surface area contributed by atoms with Gasteiger partial charge in [0.2, 0.25) is 0 Å². The van der Waals surface area contributed by atoms with Crippen molar-refractivity contribution < 1.29 is 24.6 Å². The molecule has 1 atom stereocenters. The highest BCUT2D eigenvalue weighted by molar-refractivity contribution is 9.12. The summed E-state index contributed by atoms with van der Waals surface area (Å²) in [6.45, 7) is -0.666. The van der Waals surface area contributed by atoms with Crippen molar-refractivity contribution >= 4 is 39.5 Å². The number of hydrogen-bond acceptors (Lipinski definition) is 3. The lowest BCUT2D eigenvalue weighted by molar-refractivity contribution is 0.204. The number of aliphatic hydroxyl groups is 2. The molecule has 0 saturated carbocycles. The maximum atomic E-state index is 11.5. The van der Waals surface area contributed by atoms with E-state index in [2.05, 4.69) is 31.9 Å². The zero-order valence-corrected chi connectivity index (χ0v) is 12.1. The average Bonchev–Trinajstić information content (AvgIpc) is 2.14. The highest BCUT2D eigenvalue weighted by atomic mass is 79.9. The summed E-state index contributed by atoms with van der Waals surface area (Å²) in [7, 11) is -4.41. The van der Waals surface area contributed by atoms with E-state index in [0.29, 0.717) is 5.33 Å². The molecule has 0 bridgehead atoms. The van der Waals surface area contributed by atoms with Gasteiger partial charge in [-0.1, -0.05) is 31.9 Å². The maximum absolute atomic E-state index is 11.5. The molecule has 4 N–H and O–H groups in total. The van der Waals surface area contributed by atoms with Crippen LogP contribution in [0, 0.1) is 0 Å². The quantitative estimate of drug-likeness (QED) is 0.393. The Bertz CT molecular complexity index is 225. The number of aliphatic hydroxyl groups excluding tert-OH is 2. The monoisotopic (exact) mass is 368 g/mol. The van der Waals surface area contributed by atoms with Crippen LogP contribution < -0.4 is 0 Å². The summed E-state index contributed by atoms with van der Waals surface area (Å²) in [5.41, 5.74) is 0. The topological polar surface area (TPSA) is 98.0 Å². The fraction of sp³-hybridized carbons (Fsp3) is 1.00. The first-order chi connectivity index (χ1) is 6.85. The summed E-state index contributed by atoms with van der Waals surface area (Å²) in [4.78, 5) is 18.2. The predicted octanol–water partition coefficient (Wildman–Crippen LogP) is 0.826. The Kier molecular flexibility index (Phi) is 7.15.